The van der Waals surface area contributed by atoms with Gasteiger partial charge in [0.15, 0.2) is 0 Å². The van der Waals surface area contributed by atoms with Crippen molar-refractivity contribution >= 4 is 23.2 Å². The molecule has 0 bridgehead atoms. The Bertz CT molecular complexity index is 632. The second-order valence-corrected chi connectivity index (χ2v) is 5.12. The van der Waals surface area contributed by atoms with Crippen molar-refractivity contribution in [1.29, 1.82) is 0 Å². The highest BCUT2D eigenvalue weighted by atomic mass is 35.5. The van der Waals surface area contributed by atoms with Gasteiger partial charge in [-0.2, -0.15) is 0 Å². The number of methoxy groups -OCH3 is 1. The van der Waals surface area contributed by atoms with Crippen LogP contribution in [0.3, 0.4) is 0 Å². The van der Waals surface area contributed by atoms with E-state index in [2.05, 4.69) is 5.32 Å². The summed E-state index contributed by atoms with van der Waals surface area (Å²) in [5, 5.41) is 3.90. The Balaban J connectivity index is 2.51. The normalized spacial score (nSPS) is 10.7. The van der Waals surface area contributed by atoms with Gasteiger partial charge in [-0.3, -0.25) is 0 Å². The highest BCUT2D eigenvalue weighted by Gasteiger charge is 2.11. The molecule has 0 amide bonds. The summed E-state index contributed by atoms with van der Waals surface area (Å²) in [6.45, 7) is 0.446. The van der Waals surface area contributed by atoms with Gasteiger partial charge < -0.3 is 10.1 Å². The summed E-state index contributed by atoms with van der Waals surface area (Å²) in [6, 6.07) is 8.24. The Morgan fingerprint density at radius 1 is 1.15 bits per heavy atom. The molecular weight excluding hydrogens is 300 g/mol. The van der Waals surface area contributed by atoms with Crippen LogP contribution in [0, 0.1) is 5.82 Å². The van der Waals surface area contributed by atoms with Gasteiger partial charge >= 0.3 is 0 Å². The first-order valence-corrected chi connectivity index (χ1v) is 6.79. The Labute approximate surface area is 127 Å². The highest BCUT2D eigenvalue weighted by Crippen LogP contribution is 2.37. The zero-order chi connectivity index (χ0) is 14.7. The van der Waals surface area contributed by atoms with E-state index in [0.29, 0.717) is 27.9 Å². The van der Waals surface area contributed by atoms with Gasteiger partial charge in [-0.1, -0.05) is 29.3 Å². The van der Waals surface area contributed by atoms with Crippen molar-refractivity contribution in [2.24, 2.45) is 0 Å². The predicted octanol–water partition coefficient (Wildman–Crippen LogP) is 4.53. The van der Waals surface area contributed by atoms with Gasteiger partial charge in [0, 0.05) is 23.7 Å². The molecule has 2 rings (SSSR count). The molecule has 0 heterocycles. The maximum absolute atomic E-state index is 13.7. The van der Waals surface area contributed by atoms with E-state index >= 15 is 0 Å². The van der Waals surface area contributed by atoms with Gasteiger partial charge in [0.05, 0.1) is 17.2 Å². The standard InChI is InChI=1S/C15H14Cl2FNO/c1-19-8-10-5-9(3-4-14(10)18)11-6-13(17)15(20-2)7-12(11)16/h3-7,19H,8H2,1-2H3. The van der Waals surface area contributed by atoms with Crippen molar-refractivity contribution in [3.8, 4) is 16.9 Å². The fourth-order valence-corrected chi connectivity index (χ4v) is 2.48. The third-order valence-corrected chi connectivity index (χ3v) is 3.57. The maximum Gasteiger partial charge on any atom is 0.138 e. The SMILES string of the molecule is CNCc1cc(-c2cc(Cl)c(OC)cc2Cl)ccc1F. The zero-order valence-corrected chi connectivity index (χ0v) is 12.6. The molecule has 2 aromatic carbocycles. The van der Waals surface area contributed by atoms with E-state index in [-0.39, 0.29) is 5.82 Å². The molecule has 0 aliphatic heterocycles. The molecule has 0 saturated carbocycles. The molecule has 0 saturated heterocycles. The second kappa shape index (κ2) is 6.44. The fourth-order valence-electron chi connectivity index (χ4n) is 1.97. The second-order valence-electron chi connectivity index (χ2n) is 4.30. The molecule has 0 fully saturated rings. The monoisotopic (exact) mass is 313 g/mol. The van der Waals surface area contributed by atoms with Crippen LogP contribution in [0.2, 0.25) is 10.0 Å². The van der Waals surface area contributed by atoms with Crippen molar-refractivity contribution in [1.82, 2.24) is 5.32 Å². The first-order valence-electron chi connectivity index (χ1n) is 6.03. The van der Waals surface area contributed by atoms with Crippen LogP contribution in [0.5, 0.6) is 5.75 Å². The number of ether oxygens (including phenoxy) is 1. The van der Waals surface area contributed by atoms with Crippen LogP contribution in [0.15, 0.2) is 30.3 Å². The van der Waals surface area contributed by atoms with Gasteiger partial charge in [-0.25, -0.2) is 4.39 Å². The van der Waals surface area contributed by atoms with Gasteiger partial charge in [0.2, 0.25) is 0 Å². The smallest absolute Gasteiger partial charge is 0.138 e. The lowest BCUT2D eigenvalue weighted by Gasteiger charge is -2.11. The molecule has 0 aliphatic carbocycles. The van der Waals surface area contributed by atoms with Crippen LogP contribution in [0.25, 0.3) is 11.1 Å². The van der Waals surface area contributed by atoms with E-state index < -0.39 is 0 Å². The lowest BCUT2D eigenvalue weighted by molar-refractivity contribution is 0.415. The molecule has 2 nitrogen and oxygen atoms in total. The summed E-state index contributed by atoms with van der Waals surface area (Å²) >= 11 is 12.3. The first-order chi connectivity index (χ1) is 9.56. The Morgan fingerprint density at radius 3 is 2.55 bits per heavy atom. The molecule has 0 spiro atoms. The Morgan fingerprint density at radius 2 is 1.90 bits per heavy atom. The molecule has 20 heavy (non-hydrogen) atoms. The fraction of sp³-hybridized carbons (Fsp3) is 0.200. The van der Waals surface area contributed by atoms with Gasteiger partial charge in [-0.05, 0) is 30.8 Å². The quantitative estimate of drug-likeness (QED) is 0.895. The Hall–Kier alpha value is -1.29. The van der Waals surface area contributed by atoms with Crippen molar-refractivity contribution in [3.63, 3.8) is 0 Å². The van der Waals surface area contributed by atoms with Crippen molar-refractivity contribution < 1.29 is 9.13 Å². The van der Waals surface area contributed by atoms with Crippen LogP contribution in [0.4, 0.5) is 4.39 Å². The van der Waals surface area contributed by atoms with Crippen LogP contribution in [-0.4, -0.2) is 14.2 Å². The molecule has 0 radical (unpaired) electrons. The summed E-state index contributed by atoms with van der Waals surface area (Å²) in [5.41, 5.74) is 2.13. The van der Waals surface area contributed by atoms with E-state index in [1.807, 2.05) is 0 Å². The average molecular weight is 314 g/mol. The molecular formula is C15H14Cl2FNO. The van der Waals surface area contributed by atoms with E-state index in [4.69, 9.17) is 27.9 Å². The number of hydrogen-bond acceptors (Lipinski definition) is 2. The summed E-state index contributed by atoms with van der Waals surface area (Å²) in [4.78, 5) is 0. The zero-order valence-electron chi connectivity index (χ0n) is 11.1. The molecule has 0 atom stereocenters. The van der Waals surface area contributed by atoms with E-state index in [9.17, 15) is 4.39 Å². The maximum atomic E-state index is 13.7. The van der Waals surface area contributed by atoms with Crippen molar-refractivity contribution in [2.75, 3.05) is 14.2 Å². The van der Waals surface area contributed by atoms with Crippen LogP contribution >= 0.6 is 23.2 Å². The summed E-state index contributed by atoms with van der Waals surface area (Å²) in [7, 11) is 3.30. The van der Waals surface area contributed by atoms with Crippen LogP contribution < -0.4 is 10.1 Å². The van der Waals surface area contributed by atoms with Gasteiger partial charge in [0.1, 0.15) is 11.6 Å². The molecule has 0 unspecified atom stereocenters. The highest BCUT2D eigenvalue weighted by molar-refractivity contribution is 6.36. The van der Waals surface area contributed by atoms with E-state index in [0.717, 1.165) is 11.1 Å². The van der Waals surface area contributed by atoms with Crippen molar-refractivity contribution in [2.45, 2.75) is 6.54 Å². The lowest BCUT2D eigenvalue weighted by atomic mass is 10.0. The van der Waals surface area contributed by atoms with Gasteiger partial charge in [-0.15, -0.1) is 0 Å². The third-order valence-electron chi connectivity index (χ3n) is 2.97. The van der Waals surface area contributed by atoms with Crippen LogP contribution in [0.1, 0.15) is 5.56 Å². The third kappa shape index (κ3) is 3.06. The summed E-state index contributed by atoms with van der Waals surface area (Å²) < 4.78 is 18.8. The van der Waals surface area contributed by atoms with E-state index in [1.54, 1.807) is 31.3 Å². The minimum Gasteiger partial charge on any atom is -0.495 e. The molecule has 0 aromatic heterocycles. The summed E-state index contributed by atoms with van der Waals surface area (Å²) in [5.74, 6) is 0.261. The number of halogens is 3. The lowest BCUT2D eigenvalue weighted by Crippen LogP contribution is -2.07. The number of nitrogens with one attached hydrogen (secondary N) is 1. The first kappa shape index (κ1) is 15.1. The van der Waals surface area contributed by atoms with Crippen molar-refractivity contribution in [3.05, 3.63) is 51.8 Å². The largest absolute Gasteiger partial charge is 0.495 e. The predicted molar refractivity (Wildman–Crippen MR) is 81.2 cm³/mol. The van der Waals surface area contributed by atoms with Gasteiger partial charge in [0.25, 0.3) is 0 Å². The number of benzene rings is 2. The Kier molecular flexibility index (Phi) is 4.86. The number of rotatable bonds is 4. The number of hydrogen-bond donors (Lipinski definition) is 1. The summed E-state index contributed by atoms with van der Waals surface area (Å²) in [6.07, 6.45) is 0. The molecule has 1 N–H and O–H groups in total. The molecule has 0 aliphatic rings. The molecule has 106 valence electrons. The molecule has 5 heteroatoms. The minimum atomic E-state index is -0.251. The average Bonchev–Trinajstić information content (AvgIpc) is 2.43. The molecule has 2 aromatic rings. The van der Waals surface area contributed by atoms with E-state index in [1.165, 1.54) is 13.2 Å². The van der Waals surface area contributed by atoms with Crippen LogP contribution in [-0.2, 0) is 6.54 Å². The minimum absolute atomic E-state index is 0.251. The topological polar surface area (TPSA) is 21.3 Å².